The van der Waals surface area contributed by atoms with E-state index in [2.05, 4.69) is 5.32 Å². The maximum absolute atomic E-state index is 13.1. The lowest BCUT2D eigenvalue weighted by molar-refractivity contribution is -0.119. The summed E-state index contributed by atoms with van der Waals surface area (Å²) in [6.45, 7) is 0.422. The smallest absolute Gasteiger partial charge is 0.338 e. The highest BCUT2D eigenvalue weighted by Gasteiger charge is 2.26. The molecule has 3 aromatic rings. The molecule has 3 aromatic carbocycles. The van der Waals surface area contributed by atoms with Crippen LogP contribution in [0.4, 0.5) is 5.69 Å². The van der Waals surface area contributed by atoms with Crippen LogP contribution in [0.1, 0.15) is 36.0 Å². The largest absolute Gasteiger partial charge is 0.452 e. The molecule has 0 unspecified atom stereocenters. The van der Waals surface area contributed by atoms with Crippen LogP contribution >= 0.6 is 23.4 Å². The van der Waals surface area contributed by atoms with Gasteiger partial charge in [0.25, 0.3) is 5.91 Å². The highest BCUT2D eigenvalue weighted by molar-refractivity contribution is 7.99. The molecule has 37 heavy (non-hydrogen) atoms. The summed E-state index contributed by atoms with van der Waals surface area (Å²) < 4.78 is 32.8. The van der Waals surface area contributed by atoms with E-state index < -0.39 is 28.5 Å². The number of carbonyl (C=O) groups is 2. The van der Waals surface area contributed by atoms with E-state index in [0.717, 1.165) is 35.5 Å². The van der Waals surface area contributed by atoms with Crippen molar-refractivity contribution >= 4 is 50.9 Å². The van der Waals surface area contributed by atoms with Gasteiger partial charge in [-0.1, -0.05) is 54.4 Å². The number of amides is 1. The molecule has 1 N–H and O–H groups in total. The molecule has 0 atom stereocenters. The molecule has 1 aliphatic rings. The Hall–Kier alpha value is -2.85. The Morgan fingerprint density at radius 1 is 0.919 bits per heavy atom. The molecule has 1 saturated heterocycles. The molecule has 1 heterocycles. The first-order valence-corrected chi connectivity index (χ1v) is 14.6. The Morgan fingerprint density at radius 3 is 2.35 bits per heavy atom. The zero-order valence-electron chi connectivity index (χ0n) is 20.1. The van der Waals surface area contributed by atoms with E-state index in [1.807, 2.05) is 24.3 Å². The molecule has 0 aliphatic carbocycles. The number of sulfonamides is 1. The van der Waals surface area contributed by atoms with Gasteiger partial charge in [-0.3, -0.25) is 4.79 Å². The Labute approximate surface area is 226 Å². The van der Waals surface area contributed by atoms with E-state index in [-0.39, 0.29) is 10.5 Å². The third-order valence-corrected chi connectivity index (χ3v) is 9.04. The Morgan fingerprint density at radius 2 is 1.62 bits per heavy atom. The maximum atomic E-state index is 13.1. The van der Waals surface area contributed by atoms with Crippen LogP contribution in [-0.2, 0) is 19.6 Å². The van der Waals surface area contributed by atoms with Crippen LogP contribution in [0.2, 0.25) is 5.02 Å². The zero-order chi connectivity index (χ0) is 26.3. The number of ether oxygens (including phenoxy) is 1. The monoisotopic (exact) mass is 558 g/mol. The van der Waals surface area contributed by atoms with Crippen LogP contribution in [0.5, 0.6) is 0 Å². The molecule has 0 bridgehead atoms. The van der Waals surface area contributed by atoms with Gasteiger partial charge in [-0.2, -0.15) is 4.31 Å². The fraction of sp³-hybridized carbons (Fsp3) is 0.259. The molecule has 1 aliphatic heterocycles. The first-order valence-electron chi connectivity index (χ1n) is 11.9. The normalized spacial score (nSPS) is 14.5. The number of nitrogens with one attached hydrogen (secondary N) is 1. The molecule has 1 fully saturated rings. The number of hydrogen-bond acceptors (Lipinski definition) is 6. The lowest BCUT2D eigenvalue weighted by Gasteiger charge is -2.20. The summed E-state index contributed by atoms with van der Waals surface area (Å²) in [6, 6.07) is 20.4. The van der Waals surface area contributed by atoms with Crippen molar-refractivity contribution in [3.8, 4) is 0 Å². The van der Waals surface area contributed by atoms with E-state index in [1.54, 1.807) is 24.3 Å². The van der Waals surface area contributed by atoms with E-state index in [1.165, 1.54) is 40.3 Å². The molecular formula is C27H27ClN2O5S2. The fourth-order valence-corrected chi connectivity index (χ4v) is 6.50. The number of benzene rings is 3. The van der Waals surface area contributed by atoms with Crippen molar-refractivity contribution in [1.82, 2.24) is 4.31 Å². The van der Waals surface area contributed by atoms with Gasteiger partial charge in [-0.25, -0.2) is 13.2 Å². The van der Waals surface area contributed by atoms with Gasteiger partial charge in [0, 0.05) is 27.9 Å². The van der Waals surface area contributed by atoms with Crippen molar-refractivity contribution in [1.29, 1.82) is 0 Å². The van der Waals surface area contributed by atoms with Crippen molar-refractivity contribution in [2.24, 2.45) is 0 Å². The van der Waals surface area contributed by atoms with Gasteiger partial charge in [0.05, 0.1) is 16.1 Å². The molecule has 0 saturated carbocycles. The second-order valence-electron chi connectivity index (χ2n) is 8.52. The molecule has 4 rings (SSSR count). The molecule has 194 valence electrons. The minimum atomic E-state index is -3.71. The minimum absolute atomic E-state index is 0.0430. The van der Waals surface area contributed by atoms with Crippen molar-refractivity contribution < 1.29 is 22.7 Å². The number of carbonyl (C=O) groups excluding carboxylic acids is 2. The van der Waals surface area contributed by atoms with E-state index in [0.29, 0.717) is 23.8 Å². The summed E-state index contributed by atoms with van der Waals surface area (Å²) in [5, 5.41) is 3.40. The van der Waals surface area contributed by atoms with Crippen molar-refractivity contribution in [3.05, 3.63) is 83.4 Å². The van der Waals surface area contributed by atoms with Crippen LogP contribution < -0.4 is 5.32 Å². The van der Waals surface area contributed by atoms with Gasteiger partial charge >= 0.3 is 5.97 Å². The van der Waals surface area contributed by atoms with Crippen molar-refractivity contribution in [3.63, 3.8) is 0 Å². The number of nitrogens with zero attached hydrogens (tertiary/aromatic N) is 1. The van der Waals surface area contributed by atoms with Gasteiger partial charge < -0.3 is 10.1 Å². The topological polar surface area (TPSA) is 92.8 Å². The van der Waals surface area contributed by atoms with E-state index in [4.69, 9.17) is 16.3 Å². The van der Waals surface area contributed by atoms with Crippen LogP contribution in [-0.4, -0.2) is 44.3 Å². The number of halogens is 1. The molecule has 7 nitrogen and oxygen atoms in total. The summed E-state index contributed by atoms with van der Waals surface area (Å²) in [7, 11) is -3.71. The van der Waals surface area contributed by atoms with E-state index in [9.17, 15) is 18.0 Å². The standard InChI is InChI=1S/C27H27ClN2O5S2/c28-21-12-14-22(15-13-21)36-25-11-4-3-10-24(25)29-26(31)19-35-27(32)20-8-7-9-23(18-20)37(33,34)30-16-5-1-2-6-17-30/h3-4,7-15,18H,1-2,5-6,16-17,19H2,(H,29,31). The first kappa shape index (κ1) is 27.2. The highest BCUT2D eigenvalue weighted by atomic mass is 35.5. The summed E-state index contributed by atoms with van der Waals surface area (Å²) in [6.07, 6.45) is 3.64. The number of hydrogen-bond donors (Lipinski definition) is 1. The number of para-hydroxylation sites is 1. The predicted octanol–water partition coefficient (Wildman–Crippen LogP) is 5.85. The summed E-state index contributed by atoms with van der Waals surface area (Å²) in [5.74, 6) is -1.28. The highest BCUT2D eigenvalue weighted by Crippen LogP contribution is 2.34. The molecule has 0 aromatic heterocycles. The van der Waals surface area contributed by atoms with Crippen LogP contribution in [0.3, 0.4) is 0 Å². The van der Waals surface area contributed by atoms with E-state index >= 15 is 0 Å². The SMILES string of the molecule is O=C(COC(=O)c1cccc(S(=O)(=O)N2CCCCCC2)c1)Nc1ccccc1Sc1ccc(Cl)cc1. The second kappa shape index (κ2) is 12.6. The third-order valence-electron chi connectivity index (χ3n) is 5.81. The summed E-state index contributed by atoms with van der Waals surface area (Å²) in [5.41, 5.74) is 0.649. The molecule has 0 spiro atoms. The van der Waals surface area contributed by atoms with Gasteiger partial charge in [0.15, 0.2) is 6.61 Å². The Bertz CT molecular complexity index is 1360. The average molecular weight is 559 g/mol. The van der Waals surface area contributed by atoms with Crippen molar-refractivity contribution in [2.45, 2.75) is 40.4 Å². The lowest BCUT2D eigenvalue weighted by atomic mass is 10.2. The quantitative estimate of drug-likeness (QED) is 0.349. The molecular weight excluding hydrogens is 532 g/mol. The third kappa shape index (κ3) is 7.35. The van der Waals surface area contributed by atoms with Crippen LogP contribution in [0.15, 0.2) is 87.5 Å². The summed E-state index contributed by atoms with van der Waals surface area (Å²) >= 11 is 7.41. The Balaban J connectivity index is 1.37. The number of rotatable bonds is 8. The maximum Gasteiger partial charge on any atom is 0.338 e. The average Bonchev–Trinajstić information content (AvgIpc) is 3.20. The van der Waals surface area contributed by atoms with Gasteiger partial charge in [-0.15, -0.1) is 0 Å². The Kier molecular flexibility index (Phi) is 9.26. The predicted molar refractivity (Wildman–Crippen MR) is 145 cm³/mol. The molecule has 0 radical (unpaired) electrons. The molecule has 10 heteroatoms. The molecule has 1 amide bonds. The van der Waals surface area contributed by atoms with Crippen LogP contribution in [0.25, 0.3) is 0 Å². The lowest BCUT2D eigenvalue weighted by Crippen LogP contribution is -2.32. The number of esters is 1. The number of anilines is 1. The second-order valence-corrected chi connectivity index (χ2v) is 12.0. The van der Waals surface area contributed by atoms with Gasteiger partial charge in [0.2, 0.25) is 10.0 Å². The van der Waals surface area contributed by atoms with Crippen LogP contribution in [0, 0.1) is 0 Å². The van der Waals surface area contributed by atoms with Crippen molar-refractivity contribution in [2.75, 3.05) is 25.0 Å². The van der Waals surface area contributed by atoms with Gasteiger partial charge in [-0.05, 0) is 67.4 Å². The first-order chi connectivity index (χ1) is 17.8. The minimum Gasteiger partial charge on any atom is -0.452 e. The van der Waals surface area contributed by atoms with Gasteiger partial charge in [0.1, 0.15) is 0 Å². The summed E-state index contributed by atoms with van der Waals surface area (Å²) in [4.78, 5) is 27.0. The fourth-order valence-electron chi connectivity index (χ4n) is 3.90. The zero-order valence-corrected chi connectivity index (χ0v) is 22.4.